The van der Waals surface area contributed by atoms with Gasteiger partial charge in [0.25, 0.3) is 0 Å². The molecule has 0 radical (unpaired) electrons. The summed E-state index contributed by atoms with van der Waals surface area (Å²) in [5.41, 5.74) is 1.87. The van der Waals surface area contributed by atoms with Gasteiger partial charge in [0.05, 0.1) is 12.5 Å². The van der Waals surface area contributed by atoms with Crippen LogP contribution in [-0.4, -0.2) is 24.3 Å². The molecule has 2 aromatic rings. The van der Waals surface area contributed by atoms with Gasteiger partial charge in [-0.1, -0.05) is 30.3 Å². The van der Waals surface area contributed by atoms with Crippen LogP contribution in [0.25, 0.3) is 0 Å². The van der Waals surface area contributed by atoms with Gasteiger partial charge in [-0.25, -0.2) is 0 Å². The van der Waals surface area contributed by atoms with E-state index in [2.05, 4.69) is 0 Å². The Labute approximate surface area is 140 Å². The van der Waals surface area contributed by atoms with Crippen molar-refractivity contribution in [1.82, 2.24) is 0 Å². The fourth-order valence-corrected chi connectivity index (χ4v) is 2.79. The lowest BCUT2D eigenvalue weighted by atomic mass is 10.1. The minimum atomic E-state index is -0.881. The standard InChI is InChI=1S/C19H20O5/c1-2-22-17(11-19(20)21)13-7-9-14(10-8-13)24-18-12-23-16-6-4-3-5-15(16)18/h3-10,17-18H,2,11-12H2,1H3,(H,20,21)/t17-,18+/m0/s1. The molecule has 0 fully saturated rings. The molecule has 0 saturated heterocycles. The number of ether oxygens (including phenoxy) is 3. The Kier molecular flexibility index (Phi) is 5.01. The summed E-state index contributed by atoms with van der Waals surface area (Å²) in [5.74, 6) is 0.695. The van der Waals surface area contributed by atoms with Crippen LogP contribution in [-0.2, 0) is 9.53 Å². The smallest absolute Gasteiger partial charge is 0.306 e. The number of carboxylic acids is 1. The van der Waals surface area contributed by atoms with Crippen molar-refractivity contribution in [2.75, 3.05) is 13.2 Å². The molecule has 0 saturated carbocycles. The summed E-state index contributed by atoms with van der Waals surface area (Å²) in [6, 6.07) is 15.2. The molecule has 1 heterocycles. The van der Waals surface area contributed by atoms with E-state index in [0.29, 0.717) is 13.2 Å². The fraction of sp³-hybridized carbons (Fsp3) is 0.316. The van der Waals surface area contributed by atoms with E-state index in [-0.39, 0.29) is 12.5 Å². The van der Waals surface area contributed by atoms with Crippen LogP contribution in [0, 0.1) is 0 Å². The molecule has 0 amide bonds. The predicted molar refractivity (Wildman–Crippen MR) is 88.4 cm³/mol. The van der Waals surface area contributed by atoms with Gasteiger partial charge in [0.2, 0.25) is 0 Å². The van der Waals surface area contributed by atoms with Crippen LogP contribution >= 0.6 is 0 Å². The lowest BCUT2D eigenvalue weighted by Crippen LogP contribution is -2.11. The second kappa shape index (κ2) is 7.36. The molecule has 126 valence electrons. The van der Waals surface area contributed by atoms with Gasteiger partial charge in [-0.2, -0.15) is 0 Å². The zero-order chi connectivity index (χ0) is 16.9. The number of aliphatic carboxylic acids is 1. The second-order valence-electron chi connectivity index (χ2n) is 5.57. The molecule has 5 nitrogen and oxygen atoms in total. The molecule has 1 aliphatic heterocycles. The number of carboxylic acid groups (broad SMARTS) is 1. The summed E-state index contributed by atoms with van der Waals surface area (Å²) in [6.45, 7) is 2.80. The van der Waals surface area contributed by atoms with Gasteiger partial charge in [0.1, 0.15) is 18.1 Å². The fourth-order valence-electron chi connectivity index (χ4n) is 2.79. The van der Waals surface area contributed by atoms with Crippen molar-refractivity contribution < 1.29 is 24.1 Å². The third-order valence-corrected chi connectivity index (χ3v) is 3.91. The van der Waals surface area contributed by atoms with Crippen LogP contribution < -0.4 is 9.47 Å². The van der Waals surface area contributed by atoms with Crippen LogP contribution in [0.2, 0.25) is 0 Å². The number of fused-ring (bicyclic) bond motifs is 1. The Morgan fingerprint density at radius 2 is 2.00 bits per heavy atom. The maximum Gasteiger partial charge on any atom is 0.306 e. The van der Waals surface area contributed by atoms with Gasteiger partial charge < -0.3 is 19.3 Å². The first-order valence-electron chi connectivity index (χ1n) is 7.99. The monoisotopic (exact) mass is 328 g/mol. The highest BCUT2D eigenvalue weighted by Gasteiger charge is 2.25. The van der Waals surface area contributed by atoms with E-state index >= 15 is 0 Å². The van der Waals surface area contributed by atoms with E-state index in [1.807, 2.05) is 55.5 Å². The second-order valence-corrected chi connectivity index (χ2v) is 5.57. The molecular formula is C19H20O5. The van der Waals surface area contributed by atoms with E-state index < -0.39 is 12.1 Å². The first kappa shape index (κ1) is 16.3. The molecule has 24 heavy (non-hydrogen) atoms. The minimum absolute atomic E-state index is 0.0577. The van der Waals surface area contributed by atoms with Crippen molar-refractivity contribution in [3.05, 3.63) is 59.7 Å². The van der Waals surface area contributed by atoms with Crippen molar-refractivity contribution >= 4 is 5.97 Å². The molecule has 5 heteroatoms. The Morgan fingerprint density at radius 3 is 2.71 bits per heavy atom. The first-order chi connectivity index (χ1) is 11.7. The summed E-state index contributed by atoms with van der Waals surface area (Å²) in [7, 11) is 0. The summed E-state index contributed by atoms with van der Waals surface area (Å²) >= 11 is 0. The average molecular weight is 328 g/mol. The highest BCUT2D eigenvalue weighted by Crippen LogP contribution is 2.35. The molecule has 0 bridgehead atoms. The molecule has 0 aliphatic carbocycles. The Bertz CT molecular complexity index is 695. The Morgan fingerprint density at radius 1 is 1.25 bits per heavy atom. The Balaban J connectivity index is 1.69. The summed E-state index contributed by atoms with van der Waals surface area (Å²) < 4.78 is 17.1. The van der Waals surface area contributed by atoms with E-state index in [1.165, 1.54) is 0 Å². The van der Waals surface area contributed by atoms with Crippen molar-refractivity contribution in [3.8, 4) is 11.5 Å². The van der Waals surface area contributed by atoms with Crippen molar-refractivity contribution in [2.45, 2.75) is 25.6 Å². The molecule has 0 spiro atoms. The quantitative estimate of drug-likeness (QED) is 0.838. The van der Waals surface area contributed by atoms with Crippen LogP contribution in [0.5, 0.6) is 11.5 Å². The lowest BCUT2D eigenvalue weighted by Gasteiger charge is -2.17. The van der Waals surface area contributed by atoms with Gasteiger partial charge in [0, 0.05) is 12.2 Å². The number of para-hydroxylation sites is 1. The SMILES string of the molecule is CCO[C@@H](CC(=O)O)c1ccc(O[C@@H]2COc3ccccc32)cc1. The van der Waals surface area contributed by atoms with E-state index in [0.717, 1.165) is 22.6 Å². The zero-order valence-corrected chi connectivity index (χ0v) is 13.5. The highest BCUT2D eigenvalue weighted by molar-refractivity contribution is 5.67. The maximum atomic E-state index is 11.0. The number of rotatable bonds is 7. The normalized spacial score (nSPS) is 17.0. The van der Waals surface area contributed by atoms with Gasteiger partial charge >= 0.3 is 5.97 Å². The molecular weight excluding hydrogens is 308 g/mol. The highest BCUT2D eigenvalue weighted by atomic mass is 16.5. The minimum Gasteiger partial charge on any atom is -0.489 e. The third-order valence-electron chi connectivity index (χ3n) is 3.91. The van der Waals surface area contributed by atoms with Gasteiger partial charge in [-0.3, -0.25) is 4.79 Å². The average Bonchev–Trinajstić information content (AvgIpc) is 2.98. The summed E-state index contributed by atoms with van der Waals surface area (Å²) in [4.78, 5) is 11.0. The largest absolute Gasteiger partial charge is 0.489 e. The van der Waals surface area contributed by atoms with E-state index in [4.69, 9.17) is 19.3 Å². The van der Waals surface area contributed by atoms with Crippen molar-refractivity contribution in [2.24, 2.45) is 0 Å². The zero-order valence-electron chi connectivity index (χ0n) is 13.5. The van der Waals surface area contributed by atoms with Crippen LogP contribution in [0.1, 0.15) is 36.7 Å². The third kappa shape index (κ3) is 3.68. The van der Waals surface area contributed by atoms with E-state index in [1.54, 1.807) is 0 Å². The molecule has 2 atom stereocenters. The first-order valence-corrected chi connectivity index (χ1v) is 7.99. The van der Waals surface area contributed by atoms with E-state index in [9.17, 15) is 4.79 Å². The lowest BCUT2D eigenvalue weighted by molar-refractivity contribution is -0.140. The number of benzene rings is 2. The molecule has 1 N–H and O–H groups in total. The maximum absolute atomic E-state index is 11.0. The van der Waals surface area contributed by atoms with Crippen LogP contribution in [0.15, 0.2) is 48.5 Å². The number of hydrogen-bond acceptors (Lipinski definition) is 4. The van der Waals surface area contributed by atoms with Crippen molar-refractivity contribution in [1.29, 1.82) is 0 Å². The molecule has 1 aliphatic rings. The number of carbonyl (C=O) groups is 1. The Hall–Kier alpha value is -2.53. The summed E-state index contributed by atoms with van der Waals surface area (Å²) in [6.07, 6.45) is -0.636. The number of hydrogen-bond donors (Lipinski definition) is 1. The molecule has 0 unspecified atom stereocenters. The predicted octanol–water partition coefficient (Wildman–Crippen LogP) is 3.75. The molecule has 0 aromatic heterocycles. The van der Waals surface area contributed by atoms with Gasteiger partial charge in [-0.05, 0) is 30.7 Å². The van der Waals surface area contributed by atoms with Gasteiger partial charge in [-0.15, -0.1) is 0 Å². The topological polar surface area (TPSA) is 65.0 Å². The molecule has 2 aromatic carbocycles. The van der Waals surface area contributed by atoms with Crippen molar-refractivity contribution in [3.63, 3.8) is 0 Å². The molecule has 3 rings (SSSR count). The van der Waals surface area contributed by atoms with Gasteiger partial charge in [0.15, 0.2) is 6.10 Å². The summed E-state index contributed by atoms with van der Waals surface area (Å²) in [5, 5.41) is 8.99. The van der Waals surface area contributed by atoms with Crippen LogP contribution in [0.3, 0.4) is 0 Å². The van der Waals surface area contributed by atoms with Crippen LogP contribution in [0.4, 0.5) is 0 Å².